The molecule has 0 saturated heterocycles. The van der Waals surface area contributed by atoms with E-state index in [1.807, 2.05) is 18.2 Å². The summed E-state index contributed by atoms with van der Waals surface area (Å²) in [4.78, 5) is 30.6. The highest BCUT2D eigenvalue weighted by Crippen LogP contribution is 2.24. The van der Waals surface area contributed by atoms with E-state index in [1.165, 1.54) is 11.1 Å². The lowest BCUT2D eigenvalue weighted by Gasteiger charge is -2.16. The van der Waals surface area contributed by atoms with Crippen LogP contribution in [0.4, 0.5) is 5.82 Å². The highest BCUT2D eigenvalue weighted by atomic mass is 16.2. The zero-order chi connectivity index (χ0) is 22.9. The molecule has 2 aromatic carbocycles. The van der Waals surface area contributed by atoms with Crippen molar-refractivity contribution >= 4 is 22.6 Å². The Balaban J connectivity index is 1.32. The fourth-order valence-electron chi connectivity index (χ4n) is 4.65. The van der Waals surface area contributed by atoms with Crippen molar-refractivity contribution in [2.45, 2.75) is 45.8 Å². The molecule has 1 aliphatic heterocycles. The molecule has 0 aliphatic carbocycles. The van der Waals surface area contributed by atoms with Gasteiger partial charge in [-0.25, -0.2) is 4.98 Å². The Morgan fingerprint density at radius 3 is 2.79 bits per heavy atom. The maximum Gasteiger partial charge on any atom is 0.294 e. The van der Waals surface area contributed by atoms with Gasteiger partial charge in [-0.3, -0.25) is 19.3 Å². The average Bonchev–Trinajstić information content (AvgIpc) is 3.44. The van der Waals surface area contributed by atoms with Crippen LogP contribution in [0.15, 0.2) is 53.6 Å². The van der Waals surface area contributed by atoms with E-state index in [-0.39, 0.29) is 17.3 Å². The molecule has 1 aliphatic rings. The first-order valence-corrected chi connectivity index (χ1v) is 11.1. The van der Waals surface area contributed by atoms with Crippen molar-refractivity contribution < 1.29 is 4.79 Å². The molecule has 1 atom stereocenters. The number of aromatic amines is 1. The van der Waals surface area contributed by atoms with Crippen LogP contribution in [-0.4, -0.2) is 25.7 Å². The van der Waals surface area contributed by atoms with Gasteiger partial charge in [0.1, 0.15) is 6.04 Å². The second-order valence-corrected chi connectivity index (χ2v) is 8.64. The number of hydrogen-bond donors (Lipinski definition) is 3. The Morgan fingerprint density at radius 1 is 1.15 bits per heavy atom. The van der Waals surface area contributed by atoms with Gasteiger partial charge in [-0.2, -0.15) is 5.10 Å². The molecule has 1 amide bonds. The molecule has 4 aromatic rings. The van der Waals surface area contributed by atoms with Gasteiger partial charge in [0.15, 0.2) is 5.82 Å². The number of aryl methyl sites for hydroxylation is 3. The molecule has 0 spiro atoms. The highest BCUT2D eigenvalue weighted by molar-refractivity contribution is 5.84. The molecule has 0 unspecified atom stereocenters. The summed E-state index contributed by atoms with van der Waals surface area (Å²) in [5, 5.41) is 14.1. The first-order chi connectivity index (χ1) is 16.0. The fourth-order valence-corrected chi connectivity index (χ4v) is 4.65. The minimum Gasteiger partial charge on any atom is -0.361 e. The summed E-state index contributed by atoms with van der Waals surface area (Å²) < 4.78 is 1.59. The van der Waals surface area contributed by atoms with Crippen LogP contribution >= 0.6 is 0 Å². The summed E-state index contributed by atoms with van der Waals surface area (Å²) in [7, 11) is 0. The van der Waals surface area contributed by atoms with Gasteiger partial charge in [0.2, 0.25) is 5.91 Å². The lowest BCUT2D eigenvalue weighted by Crippen LogP contribution is -2.36. The minimum absolute atomic E-state index is 0.164. The molecule has 0 bridgehead atoms. The van der Waals surface area contributed by atoms with Gasteiger partial charge in [-0.1, -0.05) is 41.5 Å². The number of nitrogens with one attached hydrogen (secondary N) is 3. The predicted molar refractivity (Wildman–Crippen MR) is 127 cm³/mol. The molecule has 0 radical (unpaired) electrons. The topological polar surface area (TPSA) is 105 Å². The third kappa shape index (κ3) is 4.11. The molecule has 5 rings (SSSR count). The average molecular weight is 443 g/mol. The van der Waals surface area contributed by atoms with Crippen LogP contribution in [0.3, 0.4) is 0 Å². The van der Waals surface area contributed by atoms with Crippen molar-refractivity contribution in [2.24, 2.45) is 0 Å². The number of anilines is 1. The van der Waals surface area contributed by atoms with Gasteiger partial charge >= 0.3 is 0 Å². The van der Waals surface area contributed by atoms with E-state index in [9.17, 15) is 9.59 Å². The number of fused-ring (bicyclic) bond motifs is 2. The third-order valence-corrected chi connectivity index (χ3v) is 6.13. The number of nitrogens with zero attached hydrogens (tertiary/aromatic N) is 3. The van der Waals surface area contributed by atoms with Gasteiger partial charge in [0, 0.05) is 30.4 Å². The first-order valence-electron chi connectivity index (χ1n) is 11.1. The Hall–Kier alpha value is -3.94. The molecule has 3 N–H and O–H groups in total. The fraction of sp³-hybridized carbons (Fsp3) is 0.280. The van der Waals surface area contributed by atoms with Gasteiger partial charge in [-0.05, 0) is 43.9 Å². The van der Waals surface area contributed by atoms with Crippen LogP contribution in [0.5, 0.6) is 0 Å². The molecule has 8 nitrogen and oxygen atoms in total. The van der Waals surface area contributed by atoms with E-state index in [2.05, 4.69) is 57.9 Å². The number of aromatic nitrogens is 4. The summed E-state index contributed by atoms with van der Waals surface area (Å²) in [5.41, 5.74) is 5.87. The lowest BCUT2D eigenvalue weighted by atomic mass is 10.1. The number of rotatable bonds is 6. The van der Waals surface area contributed by atoms with Crippen molar-refractivity contribution in [3.05, 3.63) is 87.1 Å². The van der Waals surface area contributed by atoms with E-state index in [4.69, 9.17) is 0 Å². The number of carbonyl (C=O) groups excluding carboxylic acids is 1. The SMILES string of the molecule is Cc1cc(C)cc(CNc2ncc3n(c2=O)[C@H](C(=O)NCc2cccc4[nH]ncc24)CC3)c1. The minimum atomic E-state index is -0.541. The quantitative estimate of drug-likeness (QED) is 0.426. The monoisotopic (exact) mass is 442 g/mol. The Labute approximate surface area is 191 Å². The molecule has 2 aromatic heterocycles. The van der Waals surface area contributed by atoms with Gasteiger partial charge in [0.25, 0.3) is 5.56 Å². The van der Waals surface area contributed by atoms with Crippen LogP contribution in [0.2, 0.25) is 0 Å². The Bertz CT molecular complexity index is 1380. The smallest absolute Gasteiger partial charge is 0.294 e. The van der Waals surface area contributed by atoms with E-state index in [1.54, 1.807) is 17.0 Å². The van der Waals surface area contributed by atoms with Gasteiger partial charge in [0.05, 0.1) is 11.7 Å². The van der Waals surface area contributed by atoms with Crippen LogP contribution in [0.25, 0.3) is 10.9 Å². The van der Waals surface area contributed by atoms with Crippen LogP contribution < -0.4 is 16.2 Å². The zero-order valence-electron chi connectivity index (χ0n) is 18.7. The Morgan fingerprint density at radius 2 is 1.97 bits per heavy atom. The number of carbonyl (C=O) groups is 1. The third-order valence-electron chi connectivity index (χ3n) is 6.13. The van der Waals surface area contributed by atoms with Crippen LogP contribution in [0.1, 0.15) is 40.4 Å². The number of benzene rings is 2. The predicted octanol–water partition coefficient (Wildman–Crippen LogP) is 3.15. The summed E-state index contributed by atoms with van der Waals surface area (Å²) in [6.45, 7) is 4.97. The largest absolute Gasteiger partial charge is 0.361 e. The van der Waals surface area contributed by atoms with Crippen molar-refractivity contribution in [1.29, 1.82) is 0 Å². The lowest BCUT2D eigenvalue weighted by molar-refractivity contribution is -0.124. The molecular formula is C25H26N6O2. The van der Waals surface area contributed by atoms with Crippen molar-refractivity contribution in [2.75, 3.05) is 5.32 Å². The highest BCUT2D eigenvalue weighted by Gasteiger charge is 2.30. The van der Waals surface area contributed by atoms with Crippen molar-refractivity contribution in [1.82, 2.24) is 25.1 Å². The molecule has 0 fully saturated rings. The van der Waals surface area contributed by atoms with Gasteiger partial charge < -0.3 is 10.6 Å². The molecule has 168 valence electrons. The number of hydrogen-bond acceptors (Lipinski definition) is 5. The van der Waals surface area contributed by atoms with Crippen LogP contribution in [-0.2, 0) is 24.3 Å². The summed E-state index contributed by atoms with van der Waals surface area (Å²) >= 11 is 0. The van der Waals surface area contributed by atoms with E-state index in [0.29, 0.717) is 25.9 Å². The Kier molecular flexibility index (Phi) is 5.42. The summed E-state index contributed by atoms with van der Waals surface area (Å²) in [6, 6.07) is 11.6. The second-order valence-electron chi connectivity index (χ2n) is 8.64. The first kappa shape index (κ1) is 20.9. The van der Waals surface area contributed by atoms with Gasteiger partial charge in [-0.15, -0.1) is 0 Å². The molecule has 8 heteroatoms. The molecule has 0 saturated carbocycles. The van der Waals surface area contributed by atoms with E-state index in [0.717, 1.165) is 27.7 Å². The number of H-pyrrole nitrogens is 1. The standard InChI is InChI=1S/C25H26N6O2/c1-15-8-16(2)10-17(9-15)11-26-23-25(33)31-19(13-27-23)6-7-22(31)24(32)28-12-18-4-3-5-21-20(18)14-29-30-21/h3-5,8-10,13-14,22H,6-7,11-12H2,1-2H3,(H,26,27)(H,28,32)(H,29,30)/t22-/m0/s1. The maximum atomic E-state index is 13.2. The van der Waals surface area contributed by atoms with E-state index >= 15 is 0 Å². The van der Waals surface area contributed by atoms with E-state index < -0.39 is 6.04 Å². The van der Waals surface area contributed by atoms with Crippen molar-refractivity contribution in [3.63, 3.8) is 0 Å². The van der Waals surface area contributed by atoms with Crippen molar-refractivity contribution in [3.8, 4) is 0 Å². The zero-order valence-corrected chi connectivity index (χ0v) is 18.7. The summed E-state index contributed by atoms with van der Waals surface area (Å²) in [5.74, 6) is 0.101. The van der Waals surface area contributed by atoms with Crippen LogP contribution in [0, 0.1) is 13.8 Å². The molecule has 33 heavy (non-hydrogen) atoms. The maximum absolute atomic E-state index is 13.2. The molecule has 3 heterocycles. The second kappa shape index (κ2) is 8.54. The normalized spacial score (nSPS) is 14.9. The molecular weight excluding hydrogens is 416 g/mol. The summed E-state index contributed by atoms with van der Waals surface area (Å²) in [6.07, 6.45) is 4.68. The number of amides is 1.